The number of ether oxygens (including phenoxy) is 1. The minimum Gasteiger partial charge on any atom is -0.497 e. The van der Waals surface area contributed by atoms with E-state index in [9.17, 15) is 18.3 Å². The summed E-state index contributed by atoms with van der Waals surface area (Å²) >= 11 is 0.860. The molecule has 19 heavy (non-hydrogen) atoms. The van der Waals surface area contributed by atoms with E-state index in [1.807, 2.05) is 0 Å². The van der Waals surface area contributed by atoms with Crippen LogP contribution in [0.5, 0.6) is 5.75 Å². The van der Waals surface area contributed by atoms with E-state index in [-0.39, 0.29) is 10.4 Å². The van der Waals surface area contributed by atoms with Crippen LogP contribution in [0.4, 0.5) is 13.2 Å². The van der Waals surface area contributed by atoms with E-state index < -0.39 is 11.8 Å². The molecule has 0 bridgehead atoms. The molecule has 0 radical (unpaired) electrons. The summed E-state index contributed by atoms with van der Waals surface area (Å²) in [5, 5.41) is 11.7. The molecular weight excluding hydrogens is 277 g/mol. The minimum atomic E-state index is -4.80. The first kappa shape index (κ1) is 13.9. The Morgan fingerprint density at radius 1 is 1.11 bits per heavy atom. The highest BCUT2D eigenvalue weighted by atomic mass is 32.1. The van der Waals surface area contributed by atoms with Crippen molar-refractivity contribution >= 4 is 11.3 Å². The van der Waals surface area contributed by atoms with Gasteiger partial charge < -0.3 is 9.84 Å². The first-order chi connectivity index (χ1) is 8.89. The second-order valence-electron chi connectivity index (χ2n) is 3.91. The van der Waals surface area contributed by atoms with E-state index in [1.165, 1.54) is 48.9 Å². The van der Waals surface area contributed by atoms with Crippen molar-refractivity contribution in [1.82, 2.24) is 0 Å². The molecule has 2 aromatic rings. The first-order valence-electron chi connectivity index (χ1n) is 5.37. The van der Waals surface area contributed by atoms with Crippen LogP contribution in [-0.2, 0) is 5.60 Å². The molecule has 0 fully saturated rings. The number of aliphatic hydroxyl groups is 1. The van der Waals surface area contributed by atoms with Gasteiger partial charge in [-0.05, 0) is 29.1 Å². The topological polar surface area (TPSA) is 29.5 Å². The molecule has 0 amide bonds. The molecule has 1 aromatic carbocycles. The van der Waals surface area contributed by atoms with Gasteiger partial charge in [0.05, 0.1) is 7.11 Å². The van der Waals surface area contributed by atoms with Crippen LogP contribution in [0.25, 0.3) is 0 Å². The lowest BCUT2D eigenvalue weighted by atomic mass is 9.91. The second-order valence-corrected chi connectivity index (χ2v) is 4.86. The number of thiophene rings is 1. The van der Waals surface area contributed by atoms with Gasteiger partial charge >= 0.3 is 6.18 Å². The number of hydrogen-bond donors (Lipinski definition) is 1. The van der Waals surface area contributed by atoms with Crippen LogP contribution in [0.2, 0.25) is 0 Å². The van der Waals surface area contributed by atoms with Crippen LogP contribution in [0.15, 0.2) is 41.8 Å². The first-order valence-corrected chi connectivity index (χ1v) is 6.25. The Hall–Kier alpha value is -1.53. The maximum absolute atomic E-state index is 13.3. The number of benzene rings is 1. The highest BCUT2D eigenvalue weighted by Crippen LogP contribution is 2.45. The summed E-state index contributed by atoms with van der Waals surface area (Å²) in [5.74, 6) is 0.430. The zero-order valence-electron chi connectivity index (χ0n) is 9.94. The van der Waals surface area contributed by atoms with Crippen molar-refractivity contribution in [2.24, 2.45) is 0 Å². The molecule has 0 spiro atoms. The molecule has 2 nitrogen and oxygen atoms in total. The zero-order chi connectivity index (χ0) is 14.1. The summed E-state index contributed by atoms with van der Waals surface area (Å²) < 4.78 is 44.7. The average Bonchev–Trinajstić information content (AvgIpc) is 2.90. The summed E-state index contributed by atoms with van der Waals surface area (Å²) in [6.07, 6.45) is -4.80. The van der Waals surface area contributed by atoms with Gasteiger partial charge in [-0.25, -0.2) is 0 Å². The molecule has 0 aliphatic carbocycles. The molecule has 102 valence electrons. The molecule has 0 saturated carbocycles. The fraction of sp³-hybridized carbons (Fsp3) is 0.231. The predicted molar refractivity (Wildman–Crippen MR) is 66.4 cm³/mol. The number of methoxy groups -OCH3 is 1. The van der Waals surface area contributed by atoms with E-state index in [4.69, 9.17) is 4.74 Å². The van der Waals surface area contributed by atoms with Gasteiger partial charge in [0, 0.05) is 4.88 Å². The van der Waals surface area contributed by atoms with E-state index in [0.717, 1.165) is 11.3 Å². The van der Waals surface area contributed by atoms with E-state index in [1.54, 1.807) is 0 Å². The lowest BCUT2D eigenvalue weighted by molar-refractivity contribution is -0.247. The van der Waals surface area contributed by atoms with E-state index >= 15 is 0 Å². The van der Waals surface area contributed by atoms with Crippen LogP contribution in [0.1, 0.15) is 10.4 Å². The van der Waals surface area contributed by atoms with Gasteiger partial charge in [0.25, 0.3) is 0 Å². The summed E-state index contributed by atoms with van der Waals surface area (Å²) in [6.45, 7) is 0. The zero-order valence-corrected chi connectivity index (χ0v) is 10.8. The van der Waals surface area contributed by atoms with Crippen molar-refractivity contribution in [3.63, 3.8) is 0 Å². The van der Waals surface area contributed by atoms with Gasteiger partial charge in [-0.2, -0.15) is 13.2 Å². The fourth-order valence-electron chi connectivity index (χ4n) is 1.76. The van der Waals surface area contributed by atoms with E-state index in [0.29, 0.717) is 5.75 Å². The van der Waals surface area contributed by atoms with Crippen molar-refractivity contribution in [3.8, 4) is 5.75 Å². The number of rotatable bonds is 3. The summed E-state index contributed by atoms with van der Waals surface area (Å²) in [6, 6.07) is 7.94. The third-order valence-corrected chi connectivity index (χ3v) is 3.77. The highest BCUT2D eigenvalue weighted by Gasteiger charge is 2.56. The van der Waals surface area contributed by atoms with Crippen LogP contribution in [-0.4, -0.2) is 18.4 Å². The summed E-state index contributed by atoms with van der Waals surface area (Å²) in [4.78, 5) is -0.162. The van der Waals surface area contributed by atoms with Crippen molar-refractivity contribution in [2.45, 2.75) is 11.8 Å². The largest absolute Gasteiger partial charge is 0.497 e. The van der Waals surface area contributed by atoms with E-state index in [2.05, 4.69) is 0 Å². The van der Waals surface area contributed by atoms with Crippen molar-refractivity contribution in [3.05, 3.63) is 52.2 Å². The number of alkyl halides is 3. The molecule has 6 heteroatoms. The van der Waals surface area contributed by atoms with Gasteiger partial charge in [-0.3, -0.25) is 0 Å². The minimum absolute atomic E-state index is 0.162. The van der Waals surface area contributed by atoms with Crippen LogP contribution < -0.4 is 4.74 Å². The molecular formula is C13H11F3O2S. The Morgan fingerprint density at radius 3 is 2.16 bits per heavy atom. The van der Waals surface area contributed by atoms with Gasteiger partial charge in [0.1, 0.15) is 5.75 Å². The van der Waals surface area contributed by atoms with Crippen molar-refractivity contribution in [1.29, 1.82) is 0 Å². The van der Waals surface area contributed by atoms with Crippen molar-refractivity contribution < 1.29 is 23.0 Å². The smallest absolute Gasteiger partial charge is 0.426 e. The third kappa shape index (κ3) is 2.33. The highest BCUT2D eigenvalue weighted by molar-refractivity contribution is 7.10. The lowest BCUT2D eigenvalue weighted by Gasteiger charge is -2.30. The Bertz CT molecular complexity index is 534. The van der Waals surface area contributed by atoms with Gasteiger partial charge in [0.15, 0.2) is 0 Å². The number of hydrogen-bond acceptors (Lipinski definition) is 3. The second kappa shape index (κ2) is 4.86. The lowest BCUT2D eigenvalue weighted by Crippen LogP contribution is -2.42. The Kier molecular flexibility index (Phi) is 3.56. The van der Waals surface area contributed by atoms with Crippen molar-refractivity contribution in [2.75, 3.05) is 7.11 Å². The molecule has 0 aliphatic heterocycles. The van der Waals surface area contributed by atoms with Crippen LogP contribution in [0, 0.1) is 0 Å². The molecule has 1 N–H and O–H groups in total. The molecule has 0 aliphatic rings. The maximum atomic E-state index is 13.3. The molecule has 1 atom stereocenters. The molecule has 1 unspecified atom stereocenters. The molecule has 1 heterocycles. The fourth-order valence-corrected chi connectivity index (χ4v) is 2.63. The summed E-state index contributed by atoms with van der Waals surface area (Å²) in [5.41, 5.74) is -3.23. The van der Waals surface area contributed by atoms with Crippen LogP contribution in [0.3, 0.4) is 0 Å². The van der Waals surface area contributed by atoms with Gasteiger partial charge in [-0.1, -0.05) is 18.2 Å². The van der Waals surface area contributed by atoms with Gasteiger partial charge in [-0.15, -0.1) is 11.3 Å². The average molecular weight is 288 g/mol. The van der Waals surface area contributed by atoms with Gasteiger partial charge in [0.2, 0.25) is 5.60 Å². The van der Waals surface area contributed by atoms with Crippen LogP contribution >= 0.6 is 11.3 Å². The molecule has 0 saturated heterocycles. The Balaban J connectivity index is 2.55. The molecule has 2 rings (SSSR count). The quantitative estimate of drug-likeness (QED) is 0.936. The number of halogens is 3. The standard InChI is InChI=1S/C13H11F3O2S/c1-18-10-6-4-9(5-7-10)12(17,13(14,15)16)11-3-2-8-19-11/h2-8,17H,1H3. The maximum Gasteiger partial charge on any atom is 0.426 e. The SMILES string of the molecule is COc1ccc(C(O)(c2cccs2)C(F)(F)F)cc1. The molecule has 1 aromatic heterocycles. The summed E-state index contributed by atoms with van der Waals surface area (Å²) in [7, 11) is 1.42. The Morgan fingerprint density at radius 2 is 1.74 bits per heavy atom. The normalized spacial score (nSPS) is 15.0. The monoisotopic (exact) mass is 288 g/mol. The third-order valence-electron chi connectivity index (χ3n) is 2.80. The Labute approximate surface area is 112 Å². The predicted octanol–water partition coefficient (Wildman–Crippen LogP) is 3.55.